The van der Waals surface area contributed by atoms with Crippen molar-refractivity contribution < 1.29 is 14.6 Å². The van der Waals surface area contributed by atoms with E-state index in [1.165, 1.54) is 32.4 Å². The van der Waals surface area contributed by atoms with Gasteiger partial charge in [0.1, 0.15) is 0 Å². The summed E-state index contributed by atoms with van der Waals surface area (Å²) in [4.78, 5) is 2.70. The molecule has 0 radical (unpaired) electrons. The number of likely N-dealkylation sites (tertiary alicyclic amines) is 1. The van der Waals surface area contributed by atoms with Gasteiger partial charge in [0.2, 0.25) is 0 Å². The van der Waals surface area contributed by atoms with Crippen LogP contribution in [0.1, 0.15) is 51.9 Å². The van der Waals surface area contributed by atoms with Gasteiger partial charge in [-0.2, -0.15) is 0 Å². The van der Waals surface area contributed by atoms with Crippen LogP contribution in [0.5, 0.6) is 0 Å². The Morgan fingerprint density at radius 3 is 2.13 bits per heavy atom. The highest BCUT2D eigenvalue weighted by Crippen LogP contribution is 2.31. The summed E-state index contributed by atoms with van der Waals surface area (Å²) >= 11 is 0. The smallest absolute Gasteiger partial charge is 0.0841 e. The van der Waals surface area contributed by atoms with Gasteiger partial charge in [0, 0.05) is 57.4 Å². The standard InChI is InChI=1S/C18H34N2O3/c1-16(18(21)7-13-23-14-8-18)19-15-17(5-11-22-12-6-17)20-9-3-2-4-10-20/h16,19,21H,2-15H2,1H3. The molecule has 0 spiro atoms. The molecule has 5 heteroatoms. The van der Waals surface area contributed by atoms with Crippen molar-refractivity contribution in [3.63, 3.8) is 0 Å². The third kappa shape index (κ3) is 4.07. The molecule has 0 aromatic rings. The van der Waals surface area contributed by atoms with E-state index in [1.54, 1.807) is 0 Å². The molecular weight excluding hydrogens is 292 g/mol. The van der Waals surface area contributed by atoms with Crippen LogP contribution in [0, 0.1) is 0 Å². The molecule has 0 saturated carbocycles. The van der Waals surface area contributed by atoms with Crippen LogP contribution >= 0.6 is 0 Å². The predicted octanol–water partition coefficient (Wildman–Crippen LogP) is 1.54. The van der Waals surface area contributed by atoms with E-state index in [0.717, 1.165) is 45.4 Å². The Bertz CT molecular complexity index is 359. The molecule has 0 aromatic carbocycles. The average molecular weight is 326 g/mol. The molecule has 0 bridgehead atoms. The van der Waals surface area contributed by atoms with Crippen molar-refractivity contribution >= 4 is 0 Å². The number of hydrogen-bond donors (Lipinski definition) is 2. The van der Waals surface area contributed by atoms with Crippen molar-refractivity contribution in [1.29, 1.82) is 0 Å². The van der Waals surface area contributed by atoms with Gasteiger partial charge in [-0.3, -0.25) is 4.90 Å². The third-order valence-electron chi connectivity index (χ3n) is 6.35. The summed E-state index contributed by atoms with van der Waals surface area (Å²) in [5.41, 5.74) is -0.402. The van der Waals surface area contributed by atoms with Gasteiger partial charge in [0.25, 0.3) is 0 Å². The first-order valence-corrected chi connectivity index (χ1v) is 9.51. The second kappa shape index (κ2) is 7.79. The summed E-state index contributed by atoms with van der Waals surface area (Å²) < 4.78 is 11.1. The molecular formula is C18H34N2O3. The van der Waals surface area contributed by atoms with Crippen LogP contribution in [-0.2, 0) is 9.47 Å². The first-order valence-electron chi connectivity index (χ1n) is 9.51. The molecule has 5 nitrogen and oxygen atoms in total. The van der Waals surface area contributed by atoms with E-state index in [1.807, 2.05) is 0 Å². The first-order chi connectivity index (χ1) is 11.1. The van der Waals surface area contributed by atoms with Crippen LogP contribution in [0.25, 0.3) is 0 Å². The van der Waals surface area contributed by atoms with Gasteiger partial charge in [0.15, 0.2) is 0 Å². The summed E-state index contributed by atoms with van der Waals surface area (Å²) in [6.07, 6.45) is 7.69. The highest BCUT2D eigenvalue weighted by molar-refractivity contribution is 4.98. The van der Waals surface area contributed by atoms with Crippen LogP contribution in [0.4, 0.5) is 0 Å². The molecule has 0 aliphatic carbocycles. The summed E-state index contributed by atoms with van der Waals surface area (Å²) in [5.74, 6) is 0. The molecule has 134 valence electrons. The molecule has 1 unspecified atom stereocenters. The summed E-state index contributed by atoms with van der Waals surface area (Å²) in [5, 5.41) is 14.6. The number of aliphatic hydroxyl groups is 1. The van der Waals surface area contributed by atoms with Crippen molar-refractivity contribution in [3.8, 4) is 0 Å². The van der Waals surface area contributed by atoms with Crippen molar-refractivity contribution in [3.05, 3.63) is 0 Å². The molecule has 2 N–H and O–H groups in total. The van der Waals surface area contributed by atoms with E-state index in [-0.39, 0.29) is 11.6 Å². The molecule has 3 rings (SSSR count). The predicted molar refractivity (Wildman–Crippen MR) is 90.7 cm³/mol. The Morgan fingerprint density at radius 1 is 0.957 bits per heavy atom. The number of hydrogen-bond acceptors (Lipinski definition) is 5. The largest absolute Gasteiger partial charge is 0.388 e. The maximum absolute atomic E-state index is 10.9. The lowest BCUT2D eigenvalue weighted by Gasteiger charge is -2.49. The second-order valence-corrected chi connectivity index (χ2v) is 7.70. The molecule has 1 atom stereocenters. The van der Waals surface area contributed by atoms with E-state index in [9.17, 15) is 5.11 Å². The minimum atomic E-state index is -0.619. The fourth-order valence-corrected chi connectivity index (χ4v) is 4.42. The van der Waals surface area contributed by atoms with Gasteiger partial charge < -0.3 is 19.9 Å². The second-order valence-electron chi connectivity index (χ2n) is 7.70. The number of piperidine rings is 1. The van der Waals surface area contributed by atoms with Gasteiger partial charge in [-0.05, 0) is 45.7 Å². The van der Waals surface area contributed by atoms with Gasteiger partial charge in [-0.25, -0.2) is 0 Å². The van der Waals surface area contributed by atoms with E-state index < -0.39 is 5.60 Å². The van der Waals surface area contributed by atoms with Crippen molar-refractivity contribution in [2.45, 2.75) is 69.1 Å². The van der Waals surface area contributed by atoms with Crippen LogP contribution < -0.4 is 5.32 Å². The van der Waals surface area contributed by atoms with Gasteiger partial charge in [-0.1, -0.05) is 6.42 Å². The molecule has 23 heavy (non-hydrogen) atoms. The Balaban J connectivity index is 1.61. The first kappa shape index (κ1) is 17.6. The lowest BCUT2D eigenvalue weighted by Crippen LogP contribution is -2.62. The fourth-order valence-electron chi connectivity index (χ4n) is 4.42. The SMILES string of the molecule is CC(NCC1(N2CCCCC2)CCOCC1)C1(O)CCOCC1. The highest BCUT2D eigenvalue weighted by atomic mass is 16.5. The van der Waals surface area contributed by atoms with Crippen molar-refractivity contribution in [2.24, 2.45) is 0 Å². The molecule has 0 amide bonds. The third-order valence-corrected chi connectivity index (χ3v) is 6.35. The van der Waals surface area contributed by atoms with E-state index in [0.29, 0.717) is 13.2 Å². The molecule has 0 aromatic heterocycles. The lowest BCUT2D eigenvalue weighted by atomic mass is 9.83. The Morgan fingerprint density at radius 2 is 1.52 bits per heavy atom. The molecule has 3 heterocycles. The molecule has 3 aliphatic heterocycles. The zero-order chi connectivity index (χ0) is 16.2. The molecule has 3 aliphatic rings. The fraction of sp³-hybridized carbons (Fsp3) is 1.00. The van der Waals surface area contributed by atoms with Gasteiger partial charge >= 0.3 is 0 Å². The summed E-state index contributed by atoms with van der Waals surface area (Å²) in [6, 6.07) is 0.107. The summed E-state index contributed by atoms with van der Waals surface area (Å²) in [6.45, 7) is 8.61. The topological polar surface area (TPSA) is 54.0 Å². The van der Waals surface area contributed by atoms with Crippen molar-refractivity contribution in [1.82, 2.24) is 10.2 Å². The normalized spacial score (nSPS) is 30.0. The number of rotatable bonds is 5. The van der Waals surface area contributed by atoms with Crippen LogP contribution in [-0.4, -0.2) is 73.3 Å². The maximum Gasteiger partial charge on any atom is 0.0841 e. The minimum absolute atomic E-state index is 0.107. The average Bonchev–Trinajstić information content (AvgIpc) is 2.62. The van der Waals surface area contributed by atoms with Gasteiger partial charge in [0.05, 0.1) is 5.60 Å². The molecule has 3 saturated heterocycles. The minimum Gasteiger partial charge on any atom is -0.388 e. The van der Waals surface area contributed by atoms with Crippen LogP contribution in [0.15, 0.2) is 0 Å². The Hall–Kier alpha value is -0.200. The highest BCUT2D eigenvalue weighted by Gasteiger charge is 2.41. The zero-order valence-electron chi connectivity index (χ0n) is 14.7. The Kier molecular flexibility index (Phi) is 5.97. The van der Waals surface area contributed by atoms with E-state index in [4.69, 9.17) is 9.47 Å². The summed E-state index contributed by atoms with van der Waals surface area (Å²) in [7, 11) is 0. The molecule has 3 fully saturated rings. The maximum atomic E-state index is 10.9. The van der Waals surface area contributed by atoms with E-state index >= 15 is 0 Å². The number of nitrogens with zero attached hydrogens (tertiary/aromatic N) is 1. The zero-order valence-corrected chi connectivity index (χ0v) is 14.7. The van der Waals surface area contributed by atoms with Gasteiger partial charge in [-0.15, -0.1) is 0 Å². The monoisotopic (exact) mass is 326 g/mol. The van der Waals surface area contributed by atoms with E-state index in [2.05, 4.69) is 17.1 Å². The van der Waals surface area contributed by atoms with Crippen molar-refractivity contribution in [2.75, 3.05) is 46.1 Å². The quantitative estimate of drug-likeness (QED) is 0.803. The van der Waals surface area contributed by atoms with Crippen LogP contribution in [0.3, 0.4) is 0 Å². The Labute approximate surface area is 140 Å². The number of nitrogens with one attached hydrogen (secondary N) is 1. The lowest BCUT2D eigenvalue weighted by molar-refractivity contribution is -0.0876. The van der Waals surface area contributed by atoms with Crippen LogP contribution in [0.2, 0.25) is 0 Å². The number of ether oxygens (including phenoxy) is 2.